The van der Waals surface area contributed by atoms with Gasteiger partial charge in [-0.25, -0.2) is 0 Å². The average molecular weight is 181 g/mol. The highest BCUT2D eigenvalue weighted by atomic mass is 14.9. The minimum atomic E-state index is 0.534. The Morgan fingerprint density at radius 1 is 1.23 bits per heavy atom. The van der Waals surface area contributed by atoms with Gasteiger partial charge >= 0.3 is 0 Å². The van der Waals surface area contributed by atoms with Gasteiger partial charge < -0.3 is 5.32 Å². The van der Waals surface area contributed by atoms with Crippen molar-refractivity contribution >= 4 is 0 Å². The third-order valence-electron chi connectivity index (χ3n) is 2.32. The lowest BCUT2D eigenvalue weighted by molar-refractivity contribution is 0.488. The van der Waals surface area contributed by atoms with E-state index >= 15 is 0 Å². The summed E-state index contributed by atoms with van der Waals surface area (Å²) in [5, 5.41) is 3.49. The quantitative estimate of drug-likeness (QED) is 0.448. The molecule has 1 N–H and O–H groups in total. The Balaban J connectivity index is 3.23. The van der Waals surface area contributed by atoms with Crippen LogP contribution in [0.15, 0.2) is 0 Å². The first-order valence-corrected chi connectivity index (χ1v) is 5.52. The molecule has 0 aromatic heterocycles. The van der Waals surface area contributed by atoms with Gasteiger partial charge in [0, 0.05) is 12.5 Å². The molecule has 76 valence electrons. The lowest BCUT2D eigenvalue weighted by Crippen LogP contribution is -2.28. The normalized spacial score (nSPS) is 12.4. The SMILES string of the molecule is C#CCC(CC)NCCCCCC. The summed E-state index contributed by atoms with van der Waals surface area (Å²) in [5.41, 5.74) is 0. The Hall–Kier alpha value is -0.480. The molecule has 1 nitrogen and oxygen atoms in total. The Morgan fingerprint density at radius 2 is 2.00 bits per heavy atom. The molecule has 0 heterocycles. The van der Waals surface area contributed by atoms with E-state index in [1.165, 1.54) is 25.7 Å². The van der Waals surface area contributed by atoms with E-state index in [1.54, 1.807) is 0 Å². The fraction of sp³-hybridized carbons (Fsp3) is 0.833. The lowest BCUT2D eigenvalue weighted by atomic mass is 10.1. The van der Waals surface area contributed by atoms with Crippen molar-refractivity contribution in [2.45, 2.75) is 58.4 Å². The Morgan fingerprint density at radius 3 is 2.54 bits per heavy atom. The molecule has 0 spiro atoms. The molecule has 0 aliphatic rings. The zero-order valence-corrected chi connectivity index (χ0v) is 9.10. The standard InChI is InChI=1S/C12H23N/c1-4-7-8-9-11-13-12(6-3)10-5-2/h2,12-13H,4,6-11H2,1,3H3. The minimum Gasteiger partial charge on any atom is -0.313 e. The van der Waals surface area contributed by atoms with Gasteiger partial charge in [-0.15, -0.1) is 12.3 Å². The van der Waals surface area contributed by atoms with E-state index in [0.29, 0.717) is 6.04 Å². The first kappa shape index (κ1) is 12.5. The van der Waals surface area contributed by atoms with E-state index in [-0.39, 0.29) is 0 Å². The van der Waals surface area contributed by atoms with Crippen LogP contribution in [-0.2, 0) is 0 Å². The summed E-state index contributed by atoms with van der Waals surface area (Å²) >= 11 is 0. The number of terminal acetylenes is 1. The summed E-state index contributed by atoms with van der Waals surface area (Å²) in [6, 6.07) is 0.534. The summed E-state index contributed by atoms with van der Waals surface area (Å²) in [7, 11) is 0. The van der Waals surface area contributed by atoms with Crippen molar-refractivity contribution in [3.8, 4) is 12.3 Å². The smallest absolute Gasteiger partial charge is 0.0240 e. The van der Waals surface area contributed by atoms with Gasteiger partial charge in [0.2, 0.25) is 0 Å². The molecule has 0 rings (SSSR count). The molecule has 0 saturated heterocycles. The van der Waals surface area contributed by atoms with Crippen molar-refractivity contribution in [3.05, 3.63) is 0 Å². The number of hydrogen-bond acceptors (Lipinski definition) is 1. The molecule has 13 heavy (non-hydrogen) atoms. The van der Waals surface area contributed by atoms with Gasteiger partial charge in [-0.3, -0.25) is 0 Å². The molecule has 0 fully saturated rings. The summed E-state index contributed by atoms with van der Waals surface area (Å²) < 4.78 is 0. The van der Waals surface area contributed by atoms with Crippen LogP contribution in [0.5, 0.6) is 0 Å². The van der Waals surface area contributed by atoms with Gasteiger partial charge in [0.1, 0.15) is 0 Å². The zero-order valence-electron chi connectivity index (χ0n) is 9.10. The summed E-state index contributed by atoms with van der Waals surface area (Å²) in [4.78, 5) is 0. The van der Waals surface area contributed by atoms with Gasteiger partial charge in [0.25, 0.3) is 0 Å². The molecule has 1 unspecified atom stereocenters. The average Bonchev–Trinajstić information content (AvgIpc) is 2.16. The molecule has 1 atom stereocenters. The lowest BCUT2D eigenvalue weighted by Gasteiger charge is -2.13. The number of hydrogen-bond donors (Lipinski definition) is 1. The summed E-state index contributed by atoms with van der Waals surface area (Å²) in [6.07, 6.45) is 12.6. The van der Waals surface area contributed by atoms with E-state index in [9.17, 15) is 0 Å². The van der Waals surface area contributed by atoms with Crippen LogP contribution in [0.4, 0.5) is 0 Å². The van der Waals surface area contributed by atoms with E-state index in [2.05, 4.69) is 25.1 Å². The second-order valence-corrected chi connectivity index (χ2v) is 3.53. The van der Waals surface area contributed by atoms with Crippen molar-refractivity contribution in [2.75, 3.05) is 6.54 Å². The summed E-state index contributed by atoms with van der Waals surface area (Å²) in [5.74, 6) is 2.71. The van der Waals surface area contributed by atoms with Crippen LogP contribution < -0.4 is 5.32 Å². The van der Waals surface area contributed by atoms with E-state index in [1.807, 2.05) is 0 Å². The predicted octanol–water partition coefficient (Wildman–Crippen LogP) is 2.96. The molecule has 0 amide bonds. The van der Waals surface area contributed by atoms with Crippen LogP contribution >= 0.6 is 0 Å². The highest BCUT2D eigenvalue weighted by Crippen LogP contribution is 2.00. The fourth-order valence-corrected chi connectivity index (χ4v) is 1.36. The molecular weight excluding hydrogens is 158 g/mol. The second-order valence-electron chi connectivity index (χ2n) is 3.53. The molecule has 0 saturated carbocycles. The van der Waals surface area contributed by atoms with Gasteiger partial charge in [0.15, 0.2) is 0 Å². The van der Waals surface area contributed by atoms with E-state index < -0.39 is 0 Å². The number of unbranched alkanes of at least 4 members (excludes halogenated alkanes) is 3. The Bertz CT molecular complexity index is 135. The fourth-order valence-electron chi connectivity index (χ4n) is 1.36. The van der Waals surface area contributed by atoms with Crippen molar-refractivity contribution in [2.24, 2.45) is 0 Å². The molecule has 0 aliphatic carbocycles. The maximum atomic E-state index is 5.27. The number of nitrogens with one attached hydrogen (secondary N) is 1. The predicted molar refractivity (Wildman–Crippen MR) is 59.7 cm³/mol. The molecule has 0 aromatic carbocycles. The van der Waals surface area contributed by atoms with Crippen molar-refractivity contribution < 1.29 is 0 Å². The third-order valence-corrected chi connectivity index (χ3v) is 2.32. The molecule has 0 radical (unpaired) electrons. The topological polar surface area (TPSA) is 12.0 Å². The highest BCUT2D eigenvalue weighted by Gasteiger charge is 2.01. The van der Waals surface area contributed by atoms with E-state index in [0.717, 1.165) is 19.4 Å². The Kier molecular flexibility index (Phi) is 9.25. The minimum absolute atomic E-state index is 0.534. The molecule has 0 aliphatic heterocycles. The monoisotopic (exact) mass is 181 g/mol. The van der Waals surface area contributed by atoms with Gasteiger partial charge in [-0.2, -0.15) is 0 Å². The van der Waals surface area contributed by atoms with Gasteiger partial charge in [0.05, 0.1) is 0 Å². The third kappa shape index (κ3) is 7.87. The van der Waals surface area contributed by atoms with Crippen LogP contribution in [0.25, 0.3) is 0 Å². The highest BCUT2D eigenvalue weighted by molar-refractivity contribution is 4.89. The first-order valence-electron chi connectivity index (χ1n) is 5.52. The van der Waals surface area contributed by atoms with Crippen LogP contribution in [0.1, 0.15) is 52.4 Å². The van der Waals surface area contributed by atoms with Crippen molar-refractivity contribution in [3.63, 3.8) is 0 Å². The van der Waals surface area contributed by atoms with Crippen LogP contribution in [0, 0.1) is 12.3 Å². The van der Waals surface area contributed by atoms with Crippen LogP contribution in [0.3, 0.4) is 0 Å². The van der Waals surface area contributed by atoms with Gasteiger partial charge in [-0.1, -0.05) is 33.1 Å². The number of rotatable bonds is 8. The zero-order chi connectivity index (χ0) is 9.94. The van der Waals surface area contributed by atoms with E-state index in [4.69, 9.17) is 6.42 Å². The maximum Gasteiger partial charge on any atom is 0.0240 e. The van der Waals surface area contributed by atoms with Crippen LogP contribution in [0.2, 0.25) is 0 Å². The van der Waals surface area contributed by atoms with Crippen molar-refractivity contribution in [1.82, 2.24) is 5.32 Å². The van der Waals surface area contributed by atoms with Crippen molar-refractivity contribution in [1.29, 1.82) is 0 Å². The molecule has 0 bridgehead atoms. The summed E-state index contributed by atoms with van der Waals surface area (Å²) in [6.45, 7) is 5.54. The second kappa shape index (κ2) is 9.61. The maximum absolute atomic E-state index is 5.27. The molecular formula is C12H23N. The Labute approximate surface area is 83.3 Å². The first-order chi connectivity index (χ1) is 6.35. The van der Waals surface area contributed by atoms with Gasteiger partial charge in [-0.05, 0) is 19.4 Å². The molecule has 0 aromatic rings. The molecule has 1 heteroatoms. The largest absolute Gasteiger partial charge is 0.313 e. The van der Waals surface area contributed by atoms with Crippen LogP contribution in [-0.4, -0.2) is 12.6 Å².